The SMILES string of the molecule is C[C@@H](O)CN1CCO[C@@H](C)C1. The predicted molar refractivity (Wildman–Crippen MR) is 43.5 cm³/mol. The lowest BCUT2D eigenvalue weighted by atomic mass is 10.2. The number of aliphatic hydroxyl groups is 1. The maximum absolute atomic E-state index is 9.11. The first-order valence-electron chi connectivity index (χ1n) is 4.20. The number of β-amino-alcohol motifs (C(OH)–C–C–N with tert-alkyl or cyclic N) is 1. The Labute approximate surface area is 68.0 Å². The number of ether oxygens (including phenoxy) is 1. The first kappa shape index (κ1) is 8.97. The molecule has 1 saturated heterocycles. The highest BCUT2D eigenvalue weighted by molar-refractivity contribution is 4.69. The van der Waals surface area contributed by atoms with Gasteiger partial charge in [-0.05, 0) is 13.8 Å². The summed E-state index contributed by atoms with van der Waals surface area (Å²) in [6.45, 7) is 7.36. The Bertz CT molecular complexity index is 115. The van der Waals surface area contributed by atoms with Gasteiger partial charge in [0.2, 0.25) is 0 Å². The van der Waals surface area contributed by atoms with Crippen molar-refractivity contribution >= 4 is 0 Å². The topological polar surface area (TPSA) is 32.7 Å². The van der Waals surface area contributed by atoms with Crippen molar-refractivity contribution in [3.63, 3.8) is 0 Å². The molecule has 0 aliphatic carbocycles. The van der Waals surface area contributed by atoms with Crippen molar-refractivity contribution in [3.8, 4) is 0 Å². The molecular formula is C8H17NO2. The second-order valence-corrected chi connectivity index (χ2v) is 3.29. The summed E-state index contributed by atoms with van der Waals surface area (Å²) >= 11 is 0. The molecule has 1 fully saturated rings. The molecule has 1 rings (SSSR count). The van der Waals surface area contributed by atoms with Crippen LogP contribution in [0.15, 0.2) is 0 Å². The number of hydrogen-bond donors (Lipinski definition) is 1. The van der Waals surface area contributed by atoms with Gasteiger partial charge >= 0.3 is 0 Å². The number of rotatable bonds is 2. The molecule has 0 radical (unpaired) electrons. The van der Waals surface area contributed by atoms with Gasteiger partial charge in [-0.15, -0.1) is 0 Å². The zero-order valence-corrected chi connectivity index (χ0v) is 7.29. The van der Waals surface area contributed by atoms with Gasteiger partial charge in [0.15, 0.2) is 0 Å². The normalized spacial score (nSPS) is 30.3. The van der Waals surface area contributed by atoms with Crippen LogP contribution in [0.4, 0.5) is 0 Å². The molecule has 11 heavy (non-hydrogen) atoms. The van der Waals surface area contributed by atoms with Gasteiger partial charge in [-0.25, -0.2) is 0 Å². The molecule has 0 amide bonds. The first-order valence-corrected chi connectivity index (χ1v) is 4.20. The molecule has 0 aromatic carbocycles. The maximum atomic E-state index is 9.11. The van der Waals surface area contributed by atoms with Crippen molar-refractivity contribution in [2.24, 2.45) is 0 Å². The highest BCUT2D eigenvalue weighted by Gasteiger charge is 2.17. The average Bonchev–Trinajstić information content (AvgIpc) is 1.85. The second-order valence-electron chi connectivity index (χ2n) is 3.29. The standard InChI is InChI=1S/C8H17NO2/c1-7(10)5-9-3-4-11-8(2)6-9/h7-8,10H,3-6H2,1-2H3/t7-,8+/m1/s1. The Morgan fingerprint density at radius 1 is 1.73 bits per heavy atom. The van der Waals surface area contributed by atoms with Gasteiger partial charge in [0, 0.05) is 19.6 Å². The summed E-state index contributed by atoms with van der Waals surface area (Å²) in [5, 5.41) is 9.11. The molecule has 66 valence electrons. The van der Waals surface area contributed by atoms with Crippen molar-refractivity contribution < 1.29 is 9.84 Å². The van der Waals surface area contributed by atoms with E-state index in [4.69, 9.17) is 9.84 Å². The van der Waals surface area contributed by atoms with E-state index in [1.807, 2.05) is 6.92 Å². The van der Waals surface area contributed by atoms with Crippen LogP contribution in [0.2, 0.25) is 0 Å². The van der Waals surface area contributed by atoms with Crippen LogP contribution in [-0.2, 0) is 4.74 Å². The zero-order chi connectivity index (χ0) is 8.27. The summed E-state index contributed by atoms with van der Waals surface area (Å²) in [5.41, 5.74) is 0. The summed E-state index contributed by atoms with van der Waals surface area (Å²) in [7, 11) is 0. The van der Waals surface area contributed by atoms with E-state index in [0.717, 1.165) is 26.2 Å². The van der Waals surface area contributed by atoms with E-state index in [2.05, 4.69) is 11.8 Å². The summed E-state index contributed by atoms with van der Waals surface area (Å²) in [5.74, 6) is 0. The Balaban J connectivity index is 2.23. The van der Waals surface area contributed by atoms with E-state index in [1.165, 1.54) is 0 Å². The van der Waals surface area contributed by atoms with Gasteiger partial charge in [0.05, 0.1) is 18.8 Å². The minimum absolute atomic E-state index is 0.222. The van der Waals surface area contributed by atoms with Crippen molar-refractivity contribution in [2.75, 3.05) is 26.2 Å². The van der Waals surface area contributed by atoms with Crippen LogP contribution in [0, 0.1) is 0 Å². The van der Waals surface area contributed by atoms with Crippen molar-refractivity contribution in [3.05, 3.63) is 0 Å². The van der Waals surface area contributed by atoms with E-state index in [-0.39, 0.29) is 6.10 Å². The highest BCUT2D eigenvalue weighted by Crippen LogP contribution is 2.04. The molecule has 0 spiro atoms. The molecule has 1 heterocycles. The summed E-state index contributed by atoms with van der Waals surface area (Å²) in [6.07, 6.45) is 0.0998. The Morgan fingerprint density at radius 3 is 3.00 bits per heavy atom. The van der Waals surface area contributed by atoms with E-state index >= 15 is 0 Å². The molecule has 1 aliphatic rings. The van der Waals surface area contributed by atoms with E-state index in [1.54, 1.807) is 0 Å². The molecule has 0 aromatic rings. The van der Waals surface area contributed by atoms with Crippen LogP contribution in [0.25, 0.3) is 0 Å². The minimum atomic E-state index is -0.222. The van der Waals surface area contributed by atoms with E-state index in [9.17, 15) is 0 Å². The quantitative estimate of drug-likeness (QED) is 0.619. The van der Waals surface area contributed by atoms with Gasteiger partial charge in [-0.2, -0.15) is 0 Å². The monoisotopic (exact) mass is 159 g/mol. The molecular weight excluding hydrogens is 142 g/mol. The minimum Gasteiger partial charge on any atom is -0.392 e. The van der Waals surface area contributed by atoms with Crippen molar-refractivity contribution in [1.29, 1.82) is 0 Å². The van der Waals surface area contributed by atoms with E-state index in [0.29, 0.717) is 6.10 Å². The van der Waals surface area contributed by atoms with Gasteiger partial charge in [0.1, 0.15) is 0 Å². The molecule has 0 saturated carbocycles. The van der Waals surface area contributed by atoms with Gasteiger partial charge in [-0.3, -0.25) is 4.90 Å². The molecule has 2 atom stereocenters. The van der Waals surface area contributed by atoms with Gasteiger partial charge < -0.3 is 9.84 Å². The molecule has 1 N–H and O–H groups in total. The van der Waals surface area contributed by atoms with Crippen LogP contribution in [0.1, 0.15) is 13.8 Å². The third-order valence-corrected chi connectivity index (χ3v) is 1.85. The highest BCUT2D eigenvalue weighted by atomic mass is 16.5. The van der Waals surface area contributed by atoms with Crippen molar-refractivity contribution in [1.82, 2.24) is 4.90 Å². The Kier molecular flexibility index (Phi) is 3.30. The molecule has 0 unspecified atom stereocenters. The fourth-order valence-electron chi connectivity index (χ4n) is 1.43. The molecule has 3 nitrogen and oxygen atoms in total. The third-order valence-electron chi connectivity index (χ3n) is 1.85. The molecule has 1 aliphatic heterocycles. The molecule has 0 aromatic heterocycles. The lowest BCUT2D eigenvalue weighted by Crippen LogP contribution is -2.43. The largest absolute Gasteiger partial charge is 0.392 e. The fourth-order valence-corrected chi connectivity index (χ4v) is 1.43. The van der Waals surface area contributed by atoms with Crippen LogP contribution in [0.5, 0.6) is 0 Å². The first-order chi connectivity index (χ1) is 5.18. The Morgan fingerprint density at radius 2 is 2.45 bits per heavy atom. The predicted octanol–water partition coefficient (Wildman–Crippen LogP) is 0.0879. The number of nitrogens with zero attached hydrogens (tertiary/aromatic N) is 1. The summed E-state index contributed by atoms with van der Waals surface area (Å²) < 4.78 is 5.37. The fraction of sp³-hybridized carbons (Fsp3) is 1.00. The van der Waals surface area contributed by atoms with Gasteiger partial charge in [0.25, 0.3) is 0 Å². The van der Waals surface area contributed by atoms with Crippen LogP contribution >= 0.6 is 0 Å². The van der Waals surface area contributed by atoms with Crippen LogP contribution in [0.3, 0.4) is 0 Å². The zero-order valence-electron chi connectivity index (χ0n) is 7.29. The Hall–Kier alpha value is -0.120. The molecule has 3 heteroatoms. The summed E-state index contributed by atoms with van der Waals surface area (Å²) in [6, 6.07) is 0. The number of hydrogen-bond acceptors (Lipinski definition) is 3. The molecule has 0 bridgehead atoms. The van der Waals surface area contributed by atoms with Gasteiger partial charge in [-0.1, -0.05) is 0 Å². The lowest BCUT2D eigenvalue weighted by molar-refractivity contribution is -0.0296. The average molecular weight is 159 g/mol. The van der Waals surface area contributed by atoms with Crippen LogP contribution < -0.4 is 0 Å². The second kappa shape index (κ2) is 4.04. The third kappa shape index (κ3) is 3.18. The number of aliphatic hydroxyl groups excluding tert-OH is 1. The van der Waals surface area contributed by atoms with Crippen molar-refractivity contribution in [2.45, 2.75) is 26.1 Å². The smallest absolute Gasteiger partial charge is 0.0674 e. The van der Waals surface area contributed by atoms with E-state index < -0.39 is 0 Å². The number of morpholine rings is 1. The van der Waals surface area contributed by atoms with Crippen LogP contribution in [-0.4, -0.2) is 48.5 Å². The maximum Gasteiger partial charge on any atom is 0.0674 e. The lowest BCUT2D eigenvalue weighted by Gasteiger charge is -2.31. The summed E-state index contributed by atoms with van der Waals surface area (Å²) in [4.78, 5) is 2.23.